The van der Waals surface area contributed by atoms with Gasteiger partial charge in [-0.2, -0.15) is 0 Å². The first-order valence-electron chi connectivity index (χ1n) is 8.47. The summed E-state index contributed by atoms with van der Waals surface area (Å²) in [6, 6.07) is 14.2. The fourth-order valence-electron chi connectivity index (χ4n) is 3.34. The molecule has 0 bridgehead atoms. The largest absolute Gasteiger partial charge is 0.487 e. The molecule has 1 atom stereocenters. The van der Waals surface area contributed by atoms with Crippen LogP contribution in [-0.4, -0.2) is 11.5 Å². The van der Waals surface area contributed by atoms with E-state index in [2.05, 4.69) is 51.2 Å². The molecule has 0 unspecified atom stereocenters. The molecule has 2 aromatic carbocycles. The summed E-state index contributed by atoms with van der Waals surface area (Å²) in [5, 5.41) is 3.21. The van der Waals surface area contributed by atoms with Gasteiger partial charge in [0.1, 0.15) is 11.4 Å². The summed E-state index contributed by atoms with van der Waals surface area (Å²) in [5.74, 6) is 0.923. The van der Waals surface area contributed by atoms with Gasteiger partial charge in [0.05, 0.1) is 12.5 Å². The minimum atomic E-state index is -0.286. The molecule has 126 valence electrons. The van der Waals surface area contributed by atoms with Gasteiger partial charge in [0.15, 0.2) is 0 Å². The van der Waals surface area contributed by atoms with Crippen molar-refractivity contribution in [1.82, 2.24) is 5.32 Å². The Bertz CT molecular complexity index is 764. The number of carbonyl (C=O) groups is 1. The third-order valence-corrected chi connectivity index (χ3v) is 4.57. The molecule has 1 heterocycles. The highest BCUT2D eigenvalue weighted by Crippen LogP contribution is 2.39. The maximum atomic E-state index is 12.6. The van der Waals surface area contributed by atoms with Crippen LogP contribution in [-0.2, 0) is 11.2 Å². The molecule has 0 radical (unpaired) electrons. The van der Waals surface area contributed by atoms with Gasteiger partial charge in [0, 0.05) is 12.0 Å². The van der Waals surface area contributed by atoms with Crippen LogP contribution in [0.15, 0.2) is 42.5 Å². The van der Waals surface area contributed by atoms with Gasteiger partial charge in [0.25, 0.3) is 0 Å². The Morgan fingerprint density at radius 1 is 1.21 bits per heavy atom. The zero-order valence-electron chi connectivity index (χ0n) is 14.8. The average Bonchev–Trinajstić information content (AvgIpc) is 2.50. The van der Waals surface area contributed by atoms with Crippen molar-refractivity contribution in [3.63, 3.8) is 0 Å². The lowest BCUT2D eigenvalue weighted by molar-refractivity contribution is -0.121. The Kier molecular flexibility index (Phi) is 4.35. The first-order chi connectivity index (χ1) is 11.3. The van der Waals surface area contributed by atoms with Gasteiger partial charge in [-0.1, -0.05) is 42.0 Å². The van der Waals surface area contributed by atoms with E-state index in [1.54, 1.807) is 0 Å². The maximum absolute atomic E-state index is 12.6. The SMILES string of the molecule is Cc1ccc(C)c(CC(=O)N[C@H]2CC(C)(C)Oc3ccccc32)c1. The molecule has 0 fully saturated rings. The third-order valence-electron chi connectivity index (χ3n) is 4.57. The molecule has 1 aliphatic rings. The number of para-hydroxylation sites is 1. The number of benzene rings is 2. The van der Waals surface area contributed by atoms with Crippen LogP contribution in [0.2, 0.25) is 0 Å². The van der Waals surface area contributed by atoms with Crippen molar-refractivity contribution in [3.05, 3.63) is 64.7 Å². The Morgan fingerprint density at radius 3 is 2.75 bits per heavy atom. The van der Waals surface area contributed by atoms with Gasteiger partial charge in [-0.05, 0) is 44.9 Å². The minimum absolute atomic E-state index is 0.0115. The van der Waals surface area contributed by atoms with Crippen LogP contribution < -0.4 is 10.1 Å². The highest BCUT2D eigenvalue weighted by Gasteiger charge is 2.34. The molecular formula is C21H25NO2. The number of amides is 1. The fourth-order valence-corrected chi connectivity index (χ4v) is 3.34. The van der Waals surface area contributed by atoms with Crippen LogP contribution in [0.5, 0.6) is 5.75 Å². The Morgan fingerprint density at radius 2 is 1.96 bits per heavy atom. The molecule has 24 heavy (non-hydrogen) atoms. The number of fused-ring (bicyclic) bond motifs is 1. The van der Waals surface area contributed by atoms with Gasteiger partial charge in [0.2, 0.25) is 5.91 Å². The van der Waals surface area contributed by atoms with E-state index >= 15 is 0 Å². The first-order valence-corrected chi connectivity index (χ1v) is 8.47. The zero-order valence-corrected chi connectivity index (χ0v) is 14.8. The monoisotopic (exact) mass is 323 g/mol. The number of hydrogen-bond donors (Lipinski definition) is 1. The van der Waals surface area contributed by atoms with Crippen LogP contribution in [0.4, 0.5) is 0 Å². The van der Waals surface area contributed by atoms with E-state index in [1.807, 2.05) is 24.3 Å². The normalized spacial score (nSPS) is 18.4. The second-order valence-electron chi connectivity index (χ2n) is 7.33. The summed E-state index contributed by atoms with van der Waals surface area (Å²) < 4.78 is 6.03. The van der Waals surface area contributed by atoms with Gasteiger partial charge in [-0.15, -0.1) is 0 Å². The quantitative estimate of drug-likeness (QED) is 0.916. The van der Waals surface area contributed by atoms with Gasteiger partial charge >= 0.3 is 0 Å². The van der Waals surface area contributed by atoms with E-state index in [0.29, 0.717) is 6.42 Å². The van der Waals surface area contributed by atoms with Crippen LogP contribution >= 0.6 is 0 Å². The first kappa shape index (κ1) is 16.6. The van der Waals surface area contributed by atoms with Gasteiger partial charge in [-0.3, -0.25) is 4.79 Å². The van der Waals surface area contributed by atoms with Crippen LogP contribution in [0, 0.1) is 13.8 Å². The standard InChI is InChI=1S/C21H25NO2/c1-14-9-10-15(2)16(11-14)12-20(23)22-18-13-21(3,4)24-19-8-6-5-7-17(18)19/h5-11,18H,12-13H2,1-4H3,(H,22,23)/t18-/m0/s1. The van der Waals surface area contributed by atoms with Crippen molar-refractivity contribution >= 4 is 5.91 Å². The second kappa shape index (κ2) is 6.31. The number of carbonyl (C=O) groups excluding carboxylic acids is 1. The van der Waals surface area contributed by atoms with Gasteiger partial charge in [-0.25, -0.2) is 0 Å². The second-order valence-corrected chi connectivity index (χ2v) is 7.33. The smallest absolute Gasteiger partial charge is 0.224 e. The summed E-state index contributed by atoms with van der Waals surface area (Å²) >= 11 is 0. The highest BCUT2D eigenvalue weighted by molar-refractivity contribution is 5.79. The molecule has 3 nitrogen and oxygen atoms in total. The fraction of sp³-hybridized carbons (Fsp3) is 0.381. The van der Waals surface area contributed by atoms with Crippen molar-refractivity contribution in [2.75, 3.05) is 0 Å². The Balaban J connectivity index is 1.78. The zero-order chi connectivity index (χ0) is 17.3. The van der Waals surface area contributed by atoms with E-state index in [4.69, 9.17) is 4.74 Å². The lowest BCUT2D eigenvalue weighted by atomic mass is 9.89. The van der Waals surface area contributed by atoms with Gasteiger partial charge < -0.3 is 10.1 Å². The predicted molar refractivity (Wildman–Crippen MR) is 96.3 cm³/mol. The number of rotatable bonds is 3. The summed E-state index contributed by atoms with van der Waals surface area (Å²) in [6.07, 6.45) is 1.18. The average molecular weight is 323 g/mol. The molecule has 0 aliphatic carbocycles. The molecule has 2 aromatic rings. The lowest BCUT2D eigenvalue weighted by Gasteiger charge is -2.37. The maximum Gasteiger partial charge on any atom is 0.224 e. The van der Waals surface area contributed by atoms with Crippen LogP contribution in [0.3, 0.4) is 0 Å². The molecule has 3 rings (SSSR count). The molecule has 0 saturated carbocycles. The van der Waals surface area contributed by atoms with E-state index in [0.717, 1.165) is 28.9 Å². The Hall–Kier alpha value is -2.29. The van der Waals surface area contributed by atoms with Crippen LogP contribution in [0.1, 0.15) is 48.6 Å². The summed E-state index contributed by atoms with van der Waals surface area (Å²) in [7, 11) is 0. The summed E-state index contributed by atoms with van der Waals surface area (Å²) in [6.45, 7) is 8.23. The van der Waals surface area contributed by atoms with Crippen molar-refractivity contribution in [2.45, 2.75) is 52.2 Å². The molecule has 3 heteroatoms. The van der Waals surface area contributed by atoms with E-state index in [-0.39, 0.29) is 17.6 Å². The number of hydrogen-bond acceptors (Lipinski definition) is 2. The molecular weight excluding hydrogens is 298 g/mol. The molecule has 0 aromatic heterocycles. The van der Waals surface area contributed by atoms with Crippen LogP contribution in [0.25, 0.3) is 0 Å². The summed E-state index contributed by atoms with van der Waals surface area (Å²) in [5.41, 5.74) is 4.20. The van der Waals surface area contributed by atoms with E-state index in [1.165, 1.54) is 5.56 Å². The highest BCUT2D eigenvalue weighted by atomic mass is 16.5. The molecule has 1 amide bonds. The predicted octanol–water partition coefficient (Wildman–Crippen LogP) is 4.26. The molecule has 1 N–H and O–H groups in total. The molecule has 0 spiro atoms. The summed E-state index contributed by atoms with van der Waals surface area (Å²) in [4.78, 5) is 12.6. The van der Waals surface area contributed by atoms with E-state index in [9.17, 15) is 4.79 Å². The number of ether oxygens (including phenoxy) is 1. The number of nitrogens with one attached hydrogen (secondary N) is 1. The van der Waals surface area contributed by atoms with Crippen molar-refractivity contribution < 1.29 is 9.53 Å². The topological polar surface area (TPSA) is 38.3 Å². The molecule has 0 saturated heterocycles. The van der Waals surface area contributed by atoms with E-state index < -0.39 is 0 Å². The third kappa shape index (κ3) is 3.61. The van der Waals surface area contributed by atoms with Crippen molar-refractivity contribution in [3.8, 4) is 5.75 Å². The number of aryl methyl sites for hydroxylation is 2. The minimum Gasteiger partial charge on any atom is -0.487 e. The Labute approximate surface area is 144 Å². The molecule has 1 aliphatic heterocycles. The van der Waals surface area contributed by atoms with Crippen molar-refractivity contribution in [1.29, 1.82) is 0 Å². The van der Waals surface area contributed by atoms with Crippen molar-refractivity contribution in [2.24, 2.45) is 0 Å². The lowest BCUT2D eigenvalue weighted by Crippen LogP contribution is -2.41.